The number of sulfonamides is 1. The van der Waals surface area contributed by atoms with E-state index in [0.717, 1.165) is 12.1 Å². The maximum absolute atomic E-state index is 13.6. The minimum atomic E-state index is -3.81. The zero-order valence-electron chi connectivity index (χ0n) is 10.3. The van der Waals surface area contributed by atoms with Crippen LogP contribution in [0.1, 0.15) is 6.92 Å². The highest BCUT2D eigenvalue weighted by atomic mass is 35.5. The number of hydrogen-bond donors (Lipinski definition) is 1. The minimum absolute atomic E-state index is 0. The fourth-order valence-corrected chi connectivity index (χ4v) is 3.79. The fourth-order valence-electron chi connectivity index (χ4n) is 1.93. The summed E-state index contributed by atoms with van der Waals surface area (Å²) in [6.07, 6.45) is 0. The Kier molecular flexibility index (Phi) is 5.58. The van der Waals surface area contributed by atoms with Crippen LogP contribution in [0.5, 0.6) is 0 Å². The van der Waals surface area contributed by atoms with E-state index in [1.165, 1.54) is 10.4 Å². The van der Waals surface area contributed by atoms with Crippen LogP contribution in [0.25, 0.3) is 0 Å². The molecule has 1 heterocycles. The Morgan fingerprint density at radius 1 is 1.47 bits per heavy atom. The van der Waals surface area contributed by atoms with Gasteiger partial charge in [0.1, 0.15) is 10.7 Å². The van der Waals surface area contributed by atoms with Crippen molar-refractivity contribution in [1.29, 1.82) is 0 Å². The Hall–Kier alpha value is -0.400. The first-order valence-corrected chi connectivity index (χ1v) is 7.41. The van der Waals surface area contributed by atoms with E-state index in [1.54, 1.807) is 0 Å². The molecule has 0 aliphatic carbocycles. The molecule has 0 bridgehead atoms. The first-order chi connectivity index (χ1) is 8.41. The molecule has 1 aliphatic heterocycles. The number of hydrogen-bond acceptors (Lipinski definition) is 3. The molecule has 0 spiro atoms. The normalized spacial score (nSPS) is 20.9. The van der Waals surface area contributed by atoms with Crippen LogP contribution in [0.2, 0.25) is 5.02 Å². The molecule has 1 aliphatic rings. The molecule has 8 heteroatoms. The van der Waals surface area contributed by atoms with Crippen LogP contribution in [0.3, 0.4) is 0 Å². The molecule has 0 radical (unpaired) electrons. The molecule has 108 valence electrons. The summed E-state index contributed by atoms with van der Waals surface area (Å²) in [7, 11) is -3.81. The molecular weight excluding hydrogens is 314 g/mol. The summed E-state index contributed by atoms with van der Waals surface area (Å²) in [4.78, 5) is -0.357. The zero-order valence-corrected chi connectivity index (χ0v) is 12.7. The van der Waals surface area contributed by atoms with Crippen LogP contribution in [-0.2, 0) is 10.0 Å². The van der Waals surface area contributed by atoms with Gasteiger partial charge in [0.05, 0.1) is 0 Å². The average Bonchev–Trinajstić information content (AvgIpc) is 2.32. The van der Waals surface area contributed by atoms with E-state index in [9.17, 15) is 12.8 Å². The van der Waals surface area contributed by atoms with Gasteiger partial charge < -0.3 is 5.32 Å². The Morgan fingerprint density at radius 3 is 2.79 bits per heavy atom. The zero-order chi connectivity index (χ0) is 13.3. The lowest BCUT2D eigenvalue weighted by atomic mass is 10.3. The van der Waals surface area contributed by atoms with E-state index in [1.807, 2.05) is 6.92 Å². The highest BCUT2D eigenvalue weighted by Crippen LogP contribution is 2.23. The van der Waals surface area contributed by atoms with Gasteiger partial charge in [-0.1, -0.05) is 11.6 Å². The first-order valence-electron chi connectivity index (χ1n) is 5.60. The standard InChI is InChI=1S/C11H14ClFN2O2S.ClH/c1-8-7-15(5-4-14-8)18(16,17)11-6-9(12)2-3-10(11)13;/h2-3,6,8,14H,4-5,7H2,1H3;1H/t8-;/m0./s1. The Bertz CT molecular complexity index is 554. The fraction of sp³-hybridized carbons (Fsp3) is 0.455. The summed E-state index contributed by atoms with van der Waals surface area (Å²) in [5.74, 6) is -0.773. The van der Waals surface area contributed by atoms with E-state index in [2.05, 4.69) is 5.32 Å². The van der Waals surface area contributed by atoms with Crippen LogP contribution in [0.4, 0.5) is 4.39 Å². The monoisotopic (exact) mass is 328 g/mol. The Balaban J connectivity index is 0.00000180. The van der Waals surface area contributed by atoms with Crippen LogP contribution in [0, 0.1) is 5.82 Å². The summed E-state index contributed by atoms with van der Waals surface area (Å²) >= 11 is 5.73. The van der Waals surface area contributed by atoms with Crippen LogP contribution >= 0.6 is 24.0 Å². The number of nitrogens with zero attached hydrogens (tertiary/aromatic N) is 1. The summed E-state index contributed by atoms with van der Waals surface area (Å²) in [5.41, 5.74) is 0. The van der Waals surface area contributed by atoms with E-state index in [0.29, 0.717) is 19.6 Å². The maximum atomic E-state index is 13.6. The minimum Gasteiger partial charge on any atom is -0.312 e. The predicted molar refractivity (Wildman–Crippen MR) is 74.9 cm³/mol. The Labute approximate surface area is 123 Å². The molecule has 19 heavy (non-hydrogen) atoms. The van der Waals surface area contributed by atoms with Gasteiger partial charge in [-0.25, -0.2) is 12.8 Å². The van der Waals surface area contributed by atoms with Gasteiger partial charge >= 0.3 is 0 Å². The second-order valence-corrected chi connectivity index (χ2v) is 6.64. The van der Waals surface area contributed by atoms with Crippen molar-refractivity contribution < 1.29 is 12.8 Å². The maximum Gasteiger partial charge on any atom is 0.246 e. The highest BCUT2D eigenvalue weighted by molar-refractivity contribution is 7.89. The third-order valence-corrected chi connectivity index (χ3v) is 4.96. The van der Waals surface area contributed by atoms with Gasteiger partial charge in [-0.2, -0.15) is 4.31 Å². The van der Waals surface area contributed by atoms with Gasteiger partial charge in [0.15, 0.2) is 0 Å². The predicted octanol–water partition coefficient (Wildman–Crippen LogP) is 1.88. The van der Waals surface area contributed by atoms with Crippen molar-refractivity contribution in [3.8, 4) is 0 Å². The van der Waals surface area contributed by atoms with E-state index < -0.39 is 15.8 Å². The lowest BCUT2D eigenvalue weighted by molar-refractivity contribution is 0.309. The average molecular weight is 329 g/mol. The molecule has 1 aromatic rings. The molecule has 2 rings (SSSR count). The van der Waals surface area contributed by atoms with Gasteiger partial charge in [0.25, 0.3) is 0 Å². The third-order valence-electron chi connectivity index (χ3n) is 2.84. The van der Waals surface area contributed by atoms with Crippen LogP contribution < -0.4 is 5.32 Å². The molecular formula is C11H15Cl2FN2O2S. The summed E-state index contributed by atoms with van der Waals surface area (Å²) in [6, 6.07) is 3.60. The van der Waals surface area contributed by atoms with Crippen molar-refractivity contribution in [3.63, 3.8) is 0 Å². The number of benzene rings is 1. The van der Waals surface area contributed by atoms with Gasteiger partial charge in [-0.05, 0) is 25.1 Å². The highest BCUT2D eigenvalue weighted by Gasteiger charge is 2.30. The van der Waals surface area contributed by atoms with Crippen molar-refractivity contribution in [2.24, 2.45) is 0 Å². The lowest BCUT2D eigenvalue weighted by Crippen LogP contribution is -2.51. The smallest absolute Gasteiger partial charge is 0.246 e. The third kappa shape index (κ3) is 3.58. The molecule has 1 fully saturated rings. The molecule has 1 atom stereocenters. The van der Waals surface area contributed by atoms with Crippen molar-refractivity contribution in [1.82, 2.24) is 9.62 Å². The van der Waals surface area contributed by atoms with E-state index in [4.69, 9.17) is 11.6 Å². The summed E-state index contributed by atoms with van der Waals surface area (Å²) in [5, 5.41) is 3.34. The molecule has 4 nitrogen and oxygen atoms in total. The SMILES string of the molecule is C[C@H]1CN(S(=O)(=O)c2cc(Cl)ccc2F)CCN1.Cl. The van der Waals surface area contributed by atoms with Crippen LogP contribution in [0.15, 0.2) is 23.1 Å². The van der Waals surface area contributed by atoms with Crippen molar-refractivity contribution in [2.45, 2.75) is 17.9 Å². The van der Waals surface area contributed by atoms with Crippen molar-refractivity contribution in [3.05, 3.63) is 29.0 Å². The topological polar surface area (TPSA) is 49.4 Å². The molecule has 0 amide bonds. The molecule has 0 aromatic heterocycles. The van der Waals surface area contributed by atoms with Crippen molar-refractivity contribution >= 4 is 34.0 Å². The molecule has 0 unspecified atom stereocenters. The number of nitrogens with one attached hydrogen (secondary N) is 1. The lowest BCUT2D eigenvalue weighted by Gasteiger charge is -2.31. The largest absolute Gasteiger partial charge is 0.312 e. The number of halogens is 3. The number of rotatable bonds is 2. The van der Waals surface area contributed by atoms with Gasteiger partial charge in [0, 0.05) is 30.7 Å². The van der Waals surface area contributed by atoms with E-state index >= 15 is 0 Å². The van der Waals surface area contributed by atoms with Gasteiger partial charge in [-0.3, -0.25) is 0 Å². The molecule has 1 aromatic carbocycles. The summed E-state index contributed by atoms with van der Waals surface area (Å²) in [6.45, 7) is 3.10. The molecule has 0 saturated carbocycles. The number of piperazine rings is 1. The van der Waals surface area contributed by atoms with Crippen molar-refractivity contribution in [2.75, 3.05) is 19.6 Å². The molecule has 1 saturated heterocycles. The Morgan fingerprint density at radius 2 is 2.16 bits per heavy atom. The second kappa shape index (κ2) is 6.37. The van der Waals surface area contributed by atoms with Gasteiger partial charge in [0.2, 0.25) is 10.0 Å². The van der Waals surface area contributed by atoms with Crippen LogP contribution in [-0.4, -0.2) is 38.4 Å². The molecule has 1 N–H and O–H groups in total. The summed E-state index contributed by atoms with van der Waals surface area (Å²) < 4.78 is 39.5. The van der Waals surface area contributed by atoms with E-state index in [-0.39, 0.29) is 28.4 Å². The quantitative estimate of drug-likeness (QED) is 0.901. The first kappa shape index (κ1) is 16.7. The second-order valence-electron chi connectivity index (χ2n) is 4.29. The van der Waals surface area contributed by atoms with Gasteiger partial charge in [-0.15, -0.1) is 12.4 Å².